The number of nitrogens with one attached hydrogen (secondary N) is 8. The Balaban J connectivity index is 0.000000237. The lowest BCUT2D eigenvalue weighted by atomic mass is 9.78. The summed E-state index contributed by atoms with van der Waals surface area (Å²) in [5.74, 6) is -2.91. The zero-order chi connectivity index (χ0) is 95.2. The van der Waals surface area contributed by atoms with Gasteiger partial charge >= 0.3 is 29.0 Å². The standard InChI is InChI=1S/C35H54O6P2.C28H36N2O6.C16H16N2O2.C14H12N2O2.C8H8N2O3/c1-23-15-25(31(3,4)5)29(26(16-23)32(6,7)8)40-42-36-19-35(20-37-42)21-38-43(39-22-35)41-30-27(33(9,10)11)17-24(2)18-28(30)34(12,13)14;31-21(19-30-28(36)23-15-10-12-17-25(23)33)13-7-5-3-1-2-4-6-8-18-27(35)29-20-26(34)22-14-9-11-16-24(22)32;1-12(15(19)17-13-8-4-2-5-9-13)16(20)18-14-10-6-3-7-11-14;17-13(15-11-7-3-1-4-8-11)14(18)16-12-9-5-2-6-10-12;11-5-9-10-8(13)6-3-1-2-4-7(6)12/h15-18H,19-22H2,1-14H3;9-12,14-17,32-33H,1-8,13,18-20H2,(H,29,35)(H,30,36);2-12H,1H3,(H,17,19)(H,18,20);1-10H,(H,15,17)(H,16,18);1-5,12H,(H,9,11)(H,10,13). The largest absolute Gasteiger partial charge is 0.507 e. The van der Waals surface area contributed by atoms with Crippen molar-refractivity contribution in [2.45, 2.75) is 190 Å². The fourth-order valence-corrected chi connectivity index (χ4v) is 15.6. The van der Waals surface area contributed by atoms with Gasteiger partial charge in [0.25, 0.3) is 11.8 Å². The van der Waals surface area contributed by atoms with Gasteiger partial charge in [0.05, 0.1) is 61.6 Å². The molecule has 11 rings (SSSR count). The minimum Gasteiger partial charge on any atom is -0.507 e. The summed E-state index contributed by atoms with van der Waals surface area (Å²) in [6, 6.07) is 63.2. The van der Waals surface area contributed by atoms with Gasteiger partial charge in [0.2, 0.25) is 24.1 Å². The first-order valence-electron chi connectivity index (χ1n) is 43.3. The number of benzene rings is 9. The molecule has 2 aliphatic rings. The van der Waals surface area contributed by atoms with Crippen molar-refractivity contribution in [1.82, 2.24) is 21.5 Å². The SMILES string of the molecule is CC(C(=O)Nc1ccccc1)C(=O)Nc1ccccc1.Cc1cc(C(C)(C)C)c(OP2OCC3(CO2)COP(Oc2c(C(C)(C)C)cc(C)cc2C(C)(C)C)OC3)c(C(C)(C)C)c1.O=C(CCCCCCCCCCC(=O)NCC(=O)c1ccccc1O)CNC(=O)c1ccccc1O.O=C(Nc1ccccc1)C(=O)Nc1ccccc1.O=CNNC(=O)c1ccccc1O. The number of ketones is 2. The average Bonchev–Trinajstić information content (AvgIpc) is 0.771. The van der Waals surface area contributed by atoms with Crippen molar-refractivity contribution in [1.29, 1.82) is 0 Å². The molecule has 1 spiro atoms. The van der Waals surface area contributed by atoms with Crippen LogP contribution in [-0.4, -0.2) is 114 Å². The third-order valence-electron chi connectivity index (χ3n) is 20.3. The van der Waals surface area contributed by atoms with E-state index in [1.165, 1.54) is 69.8 Å². The quantitative estimate of drug-likeness (QED) is 0.00379. The first-order valence-corrected chi connectivity index (χ1v) is 45.5. The van der Waals surface area contributed by atoms with E-state index in [2.05, 4.69) is 159 Å². The van der Waals surface area contributed by atoms with Crippen molar-refractivity contribution in [3.05, 3.63) is 268 Å². The van der Waals surface area contributed by atoms with Crippen LogP contribution in [0.1, 0.15) is 219 Å². The molecule has 9 aromatic rings. The van der Waals surface area contributed by atoms with E-state index >= 15 is 0 Å². The normalized spacial score (nSPS) is 14.6. The van der Waals surface area contributed by atoms with Gasteiger partial charge < -0.3 is 74.4 Å². The van der Waals surface area contributed by atoms with E-state index < -0.39 is 52.2 Å². The number of carbonyl (C=O) groups is 10. The second kappa shape index (κ2) is 51.2. The van der Waals surface area contributed by atoms with E-state index in [1.807, 2.05) is 54.0 Å². The fourth-order valence-electron chi connectivity index (χ4n) is 13.0. The average molecular weight is 1820 g/mol. The van der Waals surface area contributed by atoms with E-state index in [4.69, 9.17) is 27.1 Å². The van der Waals surface area contributed by atoms with Gasteiger partial charge in [-0.2, -0.15) is 0 Å². The highest BCUT2D eigenvalue weighted by atomic mass is 31.2. The van der Waals surface area contributed by atoms with E-state index in [1.54, 1.807) is 116 Å². The molecule has 0 aromatic heterocycles. The van der Waals surface area contributed by atoms with Gasteiger partial charge in [-0.05, 0) is 140 Å². The molecule has 0 atom stereocenters. The molecule has 0 saturated carbocycles. The Hall–Kier alpha value is -12.2. The van der Waals surface area contributed by atoms with Gasteiger partial charge in [-0.15, -0.1) is 0 Å². The van der Waals surface area contributed by atoms with Gasteiger partial charge in [0.15, 0.2) is 11.6 Å². The van der Waals surface area contributed by atoms with Crippen LogP contribution >= 0.6 is 17.2 Å². The number of phenolic OH excluding ortho intramolecular Hbond substituents is 3. The van der Waals surface area contributed by atoms with Crippen LogP contribution in [0.3, 0.4) is 0 Å². The number of anilines is 4. The number of hydrogen-bond donors (Lipinski definition) is 11. The first-order chi connectivity index (χ1) is 61.6. The maximum Gasteiger partial charge on any atom is 0.397 e. The molecule has 29 heteroatoms. The molecular formula is C101H126N8O19P2. The highest BCUT2D eigenvalue weighted by molar-refractivity contribution is 7.42. The number of rotatable bonds is 30. The Morgan fingerprint density at radius 3 is 1.05 bits per heavy atom. The molecule has 694 valence electrons. The molecular weight excluding hydrogens is 1690 g/mol. The number of para-hydroxylation sites is 7. The predicted octanol–water partition coefficient (Wildman–Crippen LogP) is 19.7. The molecule has 2 saturated heterocycles. The maximum absolute atomic E-state index is 12.0. The van der Waals surface area contributed by atoms with E-state index in [-0.39, 0.29) is 98.0 Å². The molecule has 2 heterocycles. The zero-order valence-electron chi connectivity index (χ0n) is 77.0. The molecule has 9 aromatic carbocycles. The Morgan fingerprint density at radius 2 is 0.708 bits per heavy atom. The Morgan fingerprint density at radius 1 is 0.400 bits per heavy atom. The van der Waals surface area contributed by atoms with Crippen LogP contribution in [0.5, 0.6) is 28.7 Å². The van der Waals surface area contributed by atoms with Crippen molar-refractivity contribution in [3.8, 4) is 28.7 Å². The number of carbonyl (C=O) groups excluding carboxylic acids is 10. The second-order valence-electron chi connectivity index (χ2n) is 35.7. The maximum atomic E-state index is 12.0. The number of hydrazine groups is 1. The third kappa shape index (κ3) is 35.3. The lowest BCUT2D eigenvalue weighted by molar-refractivity contribution is -0.132. The zero-order valence-corrected chi connectivity index (χ0v) is 78.8. The predicted molar refractivity (Wildman–Crippen MR) is 510 cm³/mol. The number of unbranched alkanes of at least 4 members (excludes halogenated alkanes) is 7. The fraction of sp³-hybridized carbons (Fsp3) is 0.366. The van der Waals surface area contributed by atoms with Crippen LogP contribution in [0, 0.1) is 25.2 Å². The molecule has 0 unspecified atom stereocenters. The number of phenols is 3. The molecule has 0 bridgehead atoms. The lowest BCUT2D eigenvalue weighted by Crippen LogP contribution is -2.45. The van der Waals surface area contributed by atoms with E-state index in [0.717, 1.165) is 62.9 Å². The summed E-state index contributed by atoms with van der Waals surface area (Å²) in [7, 11) is -3.12. The van der Waals surface area contributed by atoms with E-state index in [9.17, 15) is 63.3 Å². The molecule has 0 aliphatic carbocycles. The minimum absolute atomic E-state index is 0.0284. The van der Waals surface area contributed by atoms with Crippen molar-refractivity contribution in [3.63, 3.8) is 0 Å². The monoisotopic (exact) mass is 1820 g/mol. The van der Waals surface area contributed by atoms with Gasteiger partial charge in [0, 0.05) is 57.8 Å². The van der Waals surface area contributed by atoms with Crippen LogP contribution in [0.15, 0.2) is 218 Å². The van der Waals surface area contributed by atoms with E-state index in [0.29, 0.717) is 68.4 Å². The number of aryl methyl sites for hydroxylation is 2. The molecule has 27 nitrogen and oxygen atoms in total. The van der Waals surface area contributed by atoms with Crippen LogP contribution in [0.25, 0.3) is 0 Å². The number of aromatic hydroxyl groups is 3. The van der Waals surface area contributed by atoms with Gasteiger partial charge in [-0.25, -0.2) is 0 Å². The summed E-state index contributed by atoms with van der Waals surface area (Å²) in [6.07, 6.45) is 8.76. The number of Topliss-reactive ketones (excluding diaryl/α,β-unsaturated/α-hetero) is 2. The van der Waals surface area contributed by atoms with Crippen molar-refractivity contribution >= 4 is 99.3 Å². The molecule has 8 amide bonds. The highest BCUT2D eigenvalue weighted by Gasteiger charge is 2.46. The van der Waals surface area contributed by atoms with Gasteiger partial charge in [-0.3, -0.25) is 58.8 Å². The van der Waals surface area contributed by atoms with Crippen LogP contribution in [-0.2, 0) is 73.3 Å². The number of amides is 8. The minimum atomic E-state index is -1.56. The van der Waals surface area contributed by atoms with Crippen molar-refractivity contribution < 1.29 is 90.4 Å². The topological polar surface area (TPSA) is 383 Å². The summed E-state index contributed by atoms with van der Waals surface area (Å²) in [6.45, 7) is 34.1. The van der Waals surface area contributed by atoms with Crippen LogP contribution < -0.4 is 51.8 Å². The third-order valence-corrected chi connectivity index (χ3v) is 22.3. The Labute approximate surface area is 766 Å². The summed E-state index contributed by atoms with van der Waals surface area (Å²) in [5, 5.41) is 44.1. The first kappa shape index (κ1) is 105. The molecule has 11 N–H and O–H groups in total. The molecule has 130 heavy (non-hydrogen) atoms. The lowest BCUT2D eigenvalue weighted by Gasteiger charge is -2.42. The molecule has 2 fully saturated rings. The van der Waals surface area contributed by atoms with Gasteiger partial charge in [-0.1, -0.05) is 266 Å². The summed E-state index contributed by atoms with van der Waals surface area (Å²) < 4.78 is 38.2. The Kier molecular flexibility index (Phi) is 41.3. The second-order valence-corrected chi connectivity index (χ2v) is 38.0. The summed E-state index contributed by atoms with van der Waals surface area (Å²) in [5.41, 5.74) is 13.4. The van der Waals surface area contributed by atoms with Crippen LogP contribution in [0.2, 0.25) is 0 Å². The van der Waals surface area contributed by atoms with Gasteiger partial charge in [0.1, 0.15) is 34.7 Å². The summed E-state index contributed by atoms with van der Waals surface area (Å²) in [4.78, 5) is 116. The van der Waals surface area contributed by atoms with Crippen LogP contribution in [0.4, 0.5) is 22.7 Å². The smallest absolute Gasteiger partial charge is 0.397 e. The highest BCUT2D eigenvalue weighted by Crippen LogP contribution is 2.57. The number of hydrogen-bond acceptors (Lipinski definition) is 19. The summed E-state index contributed by atoms with van der Waals surface area (Å²) >= 11 is 0. The van der Waals surface area contributed by atoms with Crippen molar-refractivity contribution in [2.75, 3.05) is 60.8 Å². The molecule has 2 aliphatic heterocycles. The van der Waals surface area contributed by atoms with Crippen molar-refractivity contribution in [2.24, 2.45) is 11.3 Å². The Bertz CT molecular complexity index is 4840. The molecule has 0 radical (unpaired) electrons.